The molecule has 0 atom stereocenters. The predicted molar refractivity (Wildman–Crippen MR) is 198 cm³/mol. The second-order valence-corrected chi connectivity index (χ2v) is 14.9. The van der Waals surface area contributed by atoms with Gasteiger partial charge < -0.3 is 10.4 Å². The molecule has 47 heavy (non-hydrogen) atoms. The largest absolute Gasteiger partial charge is 0.477 e. The number of carboxylic acid groups (broad SMARTS) is 1. The topological polar surface area (TPSA) is 73.1 Å². The summed E-state index contributed by atoms with van der Waals surface area (Å²) >= 11 is 3.65. The highest BCUT2D eigenvalue weighted by Crippen LogP contribution is 2.48. The van der Waals surface area contributed by atoms with E-state index in [-0.39, 0.29) is 11.0 Å². The van der Waals surface area contributed by atoms with Crippen molar-refractivity contribution < 1.29 is 9.90 Å². The monoisotopic (exact) mass is 642 g/mol. The molecular weight excluding hydrogens is 617 g/mol. The molecule has 0 unspecified atom stereocenters. The van der Waals surface area contributed by atoms with Crippen molar-refractivity contribution in [3.63, 3.8) is 0 Å². The lowest BCUT2D eigenvalue weighted by Gasteiger charge is -2.36. The van der Waals surface area contributed by atoms with Gasteiger partial charge in [-0.25, -0.2) is 4.79 Å². The zero-order chi connectivity index (χ0) is 32.0. The van der Waals surface area contributed by atoms with Gasteiger partial charge in [-0.15, -0.1) is 22.7 Å². The fourth-order valence-corrected chi connectivity index (χ4v) is 9.81. The van der Waals surface area contributed by atoms with Crippen LogP contribution in [0.4, 0.5) is 11.4 Å². The van der Waals surface area contributed by atoms with E-state index in [4.69, 9.17) is 0 Å². The van der Waals surface area contributed by atoms with Crippen molar-refractivity contribution in [2.24, 2.45) is 0 Å². The molecule has 0 radical (unpaired) electrons. The van der Waals surface area contributed by atoms with E-state index in [9.17, 15) is 15.2 Å². The van der Waals surface area contributed by atoms with Crippen molar-refractivity contribution >= 4 is 97.2 Å². The van der Waals surface area contributed by atoms with E-state index in [0.29, 0.717) is 5.56 Å². The Morgan fingerprint density at radius 1 is 0.723 bits per heavy atom. The van der Waals surface area contributed by atoms with E-state index in [1.165, 1.54) is 74.4 Å². The lowest BCUT2D eigenvalue weighted by molar-refractivity contribution is -0.132. The van der Waals surface area contributed by atoms with Gasteiger partial charge in [0.05, 0.1) is 9.40 Å². The molecule has 9 rings (SSSR count). The van der Waals surface area contributed by atoms with Crippen LogP contribution >= 0.6 is 22.7 Å². The van der Waals surface area contributed by atoms with Gasteiger partial charge in [0, 0.05) is 37.0 Å². The third-order valence-corrected chi connectivity index (χ3v) is 12.1. The summed E-state index contributed by atoms with van der Waals surface area (Å²) in [5, 5.41) is 29.2. The Morgan fingerprint density at radius 3 is 2.04 bits per heavy atom. The maximum atomic E-state index is 11.4. The van der Waals surface area contributed by atoms with Crippen LogP contribution in [0.25, 0.3) is 68.3 Å². The van der Waals surface area contributed by atoms with Crippen LogP contribution in [0.1, 0.15) is 30.5 Å². The Balaban J connectivity index is 1.15. The summed E-state index contributed by atoms with van der Waals surface area (Å²) in [5.41, 5.74) is 7.68. The van der Waals surface area contributed by atoms with Crippen molar-refractivity contribution in [3.05, 3.63) is 125 Å². The summed E-state index contributed by atoms with van der Waals surface area (Å²) in [6.45, 7) is 4.62. The highest BCUT2D eigenvalue weighted by atomic mass is 32.1. The second-order valence-electron chi connectivity index (χ2n) is 12.8. The van der Waals surface area contributed by atoms with Crippen LogP contribution in [0.3, 0.4) is 0 Å². The minimum absolute atomic E-state index is 0.110. The average Bonchev–Trinajstić information content (AvgIpc) is 3.59. The minimum atomic E-state index is -1.22. The SMILES string of the molecule is CC1(C)c2ccccc2Nc2ccc(-c3ccc4cc5sc6c7cc8cc(/C=C(\C#N)C(=O)O)ccc8cc7sc6c5cc4c3)cc21. The molecule has 224 valence electrons. The number of nitriles is 1. The number of anilines is 2. The summed E-state index contributed by atoms with van der Waals surface area (Å²) in [5.74, 6) is -1.22. The Hall–Kier alpha value is -5.48. The maximum Gasteiger partial charge on any atom is 0.346 e. The van der Waals surface area contributed by atoms with Crippen LogP contribution in [0.2, 0.25) is 0 Å². The van der Waals surface area contributed by atoms with Gasteiger partial charge in [0.15, 0.2) is 0 Å². The van der Waals surface area contributed by atoms with Crippen LogP contribution < -0.4 is 5.32 Å². The Kier molecular flexibility index (Phi) is 5.92. The smallest absolute Gasteiger partial charge is 0.346 e. The molecule has 3 heterocycles. The summed E-state index contributed by atoms with van der Waals surface area (Å²) in [6.07, 6.45) is 1.43. The zero-order valence-electron chi connectivity index (χ0n) is 25.5. The number of para-hydroxylation sites is 1. The summed E-state index contributed by atoms with van der Waals surface area (Å²) in [7, 11) is 0. The lowest BCUT2D eigenvalue weighted by Crippen LogP contribution is -2.25. The van der Waals surface area contributed by atoms with Crippen LogP contribution in [-0.4, -0.2) is 11.1 Å². The number of benzene rings is 6. The number of carboxylic acids is 1. The van der Waals surface area contributed by atoms with Gasteiger partial charge in [-0.05, 0) is 110 Å². The van der Waals surface area contributed by atoms with Gasteiger partial charge in [-0.2, -0.15) is 5.26 Å². The average molecular weight is 643 g/mol. The van der Waals surface area contributed by atoms with Crippen LogP contribution in [0.15, 0.2) is 109 Å². The second kappa shape index (κ2) is 10.0. The number of thiophene rings is 2. The van der Waals surface area contributed by atoms with Gasteiger partial charge in [0.1, 0.15) is 11.6 Å². The van der Waals surface area contributed by atoms with Crippen molar-refractivity contribution in [3.8, 4) is 17.2 Å². The Morgan fingerprint density at radius 2 is 1.34 bits per heavy atom. The van der Waals surface area contributed by atoms with Crippen LogP contribution in [-0.2, 0) is 10.2 Å². The molecule has 0 amide bonds. The molecule has 4 nitrogen and oxygen atoms in total. The Bertz CT molecular complexity index is 2740. The summed E-state index contributed by atoms with van der Waals surface area (Å²) in [6, 6.07) is 38.8. The van der Waals surface area contributed by atoms with Gasteiger partial charge >= 0.3 is 5.97 Å². The molecule has 6 heteroatoms. The van der Waals surface area contributed by atoms with E-state index >= 15 is 0 Å². The van der Waals surface area contributed by atoms with Gasteiger partial charge in [0.25, 0.3) is 0 Å². The van der Waals surface area contributed by atoms with E-state index in [1.54, 1.807) is 6.07 Å². The zero-order valence-corrected chi connectivity index (χ0v) is 27.1. The molecule has 6 aromatic carbocycles. The van der Waals surface area contributed by atoms with E-state index in [1.807, 2.05) is 40.9 Å². The Labute approximate surface area is 278 Å². The van der Waals surface area contributed by atoms with Gasteiger partial charge in [-0.1, -0.05) is 62.4 Å². The number of fused-ring (bicyclic) bond motifs is 9. The molecule has 0 saturated heterocycles. The van der Waals surface area contributed by atoms with Gasteiger partial charge in [0.2, 0.25) is 0 Å². The first-order chi connectivity index (χ1) is 22.8. The molecule has 2 N–H and O–H groups in total. The van der Waals surface area contributed by atoms with Crippen LogP contribution in [0, 0.1) is 11.3 Å². The third kappa shape index (κ3) is 4.28. The van der Waals surface area contributed by atoms with Gasteiger partial charge in [-0.3, -0.25) is 0 Å². The van der Waals surface area contributed by atoms with E-state index < -0.39 is 5.97 Å². The molecule has 1 aliphatic rings. The first-order valence-corrected chi connectivity index (χ1v) is 17.0. The predicted octanol–water partition coefficient (Wildman–Crippen LogP) is 11.6. The van der Waals surface area contributed by atoms with Crippen LogP contribution in [0.5, 0.6) is 0 Å². The molecule has 0 saturated carbocycles. The van der Waals surface area contributed by atoms with Crippen molar-refractivity contribution in [1.29, 1.82) is 5.26 Å². The molecule has 0 bridgehead atoms. The minimum Gasteiger partial charge on any atom is -0.477 e. The molecule has 2 aromatic heterocycles. The molecule has 0 aliphatic carbocycles. The number of rotatable bonds is 3. The molecule has 8 aromatic rings. The number of carbonyl (C=O) groups is 1. The number of nitrogens with zero attached hydrogens (tertiary/aromatic N) is 1. The fourth-order valence-electron chi connectivity index (χ4n) is 7.12. The third-order valence-electron chi connectivity index (χ3n) is 9.58. The molecule has 0 spiro atoms. The summed E-state index contributed by atoms with van der Waals surface area (Å²) in [4.78, 5) is 11.4. The molecular formula is C41H26N2O2S2. The molecule has 1 aliphatic heterocycles. The van der Waals surface area contributed by atoms with Crippen molar-refractivity contribution in [2.75, 3.05) is 5.32 Å². The fraction of sp³-hybridized carbons (Fsp3) is 0.0732. The summed E-state index contributed by atoms with van der Waals surface area (Å²) < 4.78 is 5.06. The van der Waals surface area contributed by atoms with Crippen molar-refractivity contribution in [2.45, 2.75) is 19.3 Å². The van der Waals surface area contributed by atoms with Crippen molar-refractivity contribution in [1.82, 2.24) is 0 Å². The number of nitrogens with one attached hydrogen (secondary N) is 1. The first-order valence-electron chi connectivity index (χ1n) is 15.4. The quantitative estimate of drug-likeness (QED) is 0.149. The highest BCUT2D eigenvalue weighted by molar-refractivity contribution is 7.36. The van der Waals surface area contributed by atoms with E-state index in [0.717, 1.165) is 16.5 Å². The first kappa shape index (κ1) is 27.8. The number of hydrogen-bond donors (Lipinski definition) is 2. The van der Waals surface area contributed by atoms with E-state index in [2.05, 4.69) is 104 Å². The normalized spacial score (nSPS) is 13.9. The number of hydrogen-bond acceptors (Lipinski definition) is 5. The number of aliphatic carboxylic acids is 1. The lowest BCUT2D eigenvalue weighted by atomic mass is 9.73. The maximum absolute atomic E-state index is 11.4. The highest BCUT2D eigenvalue weighted by Gasteiger charge is 2.32. The standard InChI is InChI=1S/C41H26N2O2S2/c1-41(2)32-5-3-4-6-34(32)43-35-12-11-24(18-33(35)41)23-9-10-26-20-37-31(17-28(26)15-23)39-38(47-37)30-16-27-13-22(14-29(21-42)40(44)45)7-8-25(27)19-36(30)46-39/h3-20,43H,1-2H3,(H,44,45)/b29-14+. The molecule has 0 fully saturated rings.